The molecular weight excluding hydrogens is 224 g/mol. The summed E-state index contributed by atoms with van der Waals surface area (Å²) in [6.07, 6.45) is 0. The first kappa shape index (κ1) is 12.4. The van der Waals surface area contributed by atoms with E-state index >= 15 is 0 Å². The van der Waals surface area contributed by atoms with Gasteiger partial charge < -0.3 is 16.2 Å². The van der Waals surface area contributed by atoms with E-state index in [4.69, 9.17) is 28.4 Å². The lowest BCUT2D eigenvalue weighted by Gasteiger charge is -2.10. The molecule has 4 nitrogen and oxygen atoms in total. The number of benzene rings is 1. The molecule has 1 atom stereocenters. The van der Waals surface area contributed by atoms with Crippen molar-refractivity contribution in [3.05, 3.63) is 29.8 Å². The van der Waals surface area contributed by atoms with Crippen LogP contribution in [0.2, 0.25) is 0 Å². The highest BCUT2D eigenvalue weighted by Crippen LogP contribution is 2.13. The Hall–Kier alpha value is -1.62. The Morgan fingerprint density at radius 1 is 1.38 bits per heavy atom. The molecule has 0 heterocycles. The lowest BCUT2D eigenvalue weighted by Crippen LogP contribution is -2.25. The average Bonchev–Trinajstić information content (AvgIpc) is 2.26. The van der Waals surface area contributed by atoms with E-state index in [1.165, 1.54) is 0 Å². The molecular formula is C11H14N2O2S. The van der Waals surface area contributed by atoms with Crippen molar-refractivity contribution in [1.82, 2.24) is 0 Å². The Balaban J connectivity index is 2.56. The molecule has 1 rings (SSSR count). The third-order valence-corrected chi connectivity index (χ3v) is 2.36. The highest BCUT2D eigenvalue weighted by atomic mass is 32.1. The van der Waals surface area contributed by atoms with E-state index in [9.17, 15) is 4.79 Å². The van der Waals surface area contributed by atoms with Gasteiger partial charge in [-0.15, -0.1) is 0 Å². The lowest BCUT2D eigenvalue weighted by atomic mass is 10.2. The summed E-state index contributed by atoms with van der Waals surface area (Å²) in [5, 5.41) is 0. The monoisotopic (exact) mass is 238 g/mol. The minimum Gasteiger partial charge on any atom is -0.493 e. The number of thiocarbonyl (C=S) groups is 1. The maximum absolute atomic E-state index is 10.8. The third kappa shape index (κ3) is 3.51. The van der Waals surface area contributed by atoms with Crippen LogP contribution in [0.4, 0.5) is 0 Å². The van der Waals surface area contributed by atoms with Gasteiger partial charge in [0.05, 0.1) is 12.5 Å². The molecule has 0 saturated carbocycles. The van der Waals surface area contributed by atoms with Gasteiger partial charge in [-0.25, -0.2) is 0 Å². The summed E-state index contributed by atoms with van der Waals surface area (Å²) in [6, 6.07) is 7.05. The van der Waals surface area contributed by atoms with Gasteiger partial charge in [0.25, 0.3) is 0 Å². The zero-order chi connectivity index (χ0) is 12.1. The van der Waals surface area contributed by atoms with Crippen LogP contribution in [0.1, 0.15) is 12.5 Å². The second kappa shape index (κ2) is 5.46. The summed E-state index contributed by atoms with van der Waals surface area (Å²) in [7, 11) is 0. The zero-order valence-electron chi connectivity index (χ0n) is 8.97. The summed E-state index contributed by atoms with van der Waals surface area (Å²) in [6.45, 7) is 1.98. The molecule has 1 unspecified atom stereocenters. The Morgan fingerprint density at radius 3 is 2.38 bits per heavy atom. The minimum atomic E-state index is -0.375. The summed E-state index contributed by atoms with van der Waals surface area (Å²) < 4.78 is 5.38. The molecule has 1 amide bonds. The fourth-order valence-corrected chi connectivity index (χ4v) is 1.15. The quantitative estimate of drug-likeness (QED) is 0.744. The fourth-order valence-electron chi connectivity index (χ4n) is 1.02. The number of ether oxygens (including phenoxy) is 1. The second-order valence-corrected chi connectivity index (χ2v) is 3.94. The van der Waals surface area contributed by atoms with Gasteiger partial charge in [-0.1, -0.05) is 19.1 Å². The Morgan fingerprint density at radius 2 is 1.94 bits per heavy atom. The van der Waals surface area contributed by atoms with Crippen molar-refractivity contribution in [2.24, 2.45) is 17.4 Å². The van der Waals surface area contributed by atoms with Gasteiger partial charge in [0.1, 0.15) is 10.7 Å². The molecule has 0 saturated heterocycles. The van der Waals surface area contributed by atoms with Crippen molar-refractivity contribution >= 4 is 23.1 Å². The molecule has 1 aromatic carbocycles. The molecule has 0 spiro atoms. The van der Waals surface area contributed by atoms with E-state index in [1.54, 1.807) is 31.2 Å². The number of hydrogen-bond donors (Lipinski definition) is 2. The van der Waals surface area contributed by atoms with Crippen LogP contribution in [-0.2, 0) is 4.79 Å². The summed E-state index contributed by atoms with van der Waals surface area (Å²) in [5.41, 5.74) is 11.3. The SMILES string of the molecule is CC(COc1ccc(C(N)=S)cc1)C(N)=O. The van der Waals surface area contributed by atoms with Crippen LogP contribution in [0.25, 0.3) is 0 Å². The van der Waals surface area contributed by atoms with E-state index in [2.05, 4.69) is 0 Å². The number of carbonyl (C=O) groups is 1. The minimum absolute atomic E-state index is 0.266. The van der Waals surface area contributed by atoms with Gasteiger partial charge in [-0.3, -0.25) is 4.79 Å². The number of carbonyl (C=O) groups excluding carboxylic acids is 1. The molecule has 0 radical (unpaired) electrons. The van der Waals surface area contributed by atoms with Gasteiger partial charge in [0.2, 0.25) is 5.91 Å². The Bertz CT molecular complexity index is 389. The lowest BCUT2D eigenvalue weighted by molar-refractivity contribution is -0.122. The number of nitrogens with two attached hydrogens (primary N) is 2. The molecule has 5 heteroatoms. The first-order valence-corrected chi connectivity index (χ1v) is 5.23. The number of rotatable bonds is 5. The van der Waals surface area contributed by atoms with Gasteiger partial charge >= 0.3 is 0 Å². The largest absolute Gasteiger partial charge is 0.493 e. The van der Waals surface area contributed by atoms with Crippen molar-refractivity contribution in [3.63, 3.8) is 0 Å². The predicted octanol–water partition coefficient (Wildman–Crippen LogP) is 0.821. The number of primary amides is 1. The maximum atomic E-state index is 10.8. The summed E-state index contributed by atoms with van der Waals surface area (Å²) in [4.78, 5) is 11.1. The molecule has 0 aliphatic carbocycles. The van der Waals surface area contributed by atoms with Crippen LogP contribution >= 0.6 is 12.2 Å². The molecule has 0 fully saturated rings. The van der Waals surface area contributed by atoms with E-state index < -0.39 is 0 Å². The van der Waals surface area contributed by atoms with Crippen molar-refractivity contribution in [3.8, 4) is 5.75 Å². The van der Waals surface area contributed by atoms with Crippen LogP contribution in [-0.4, -0.2) is 17.5 Å². The van der Waals surface area contributed by atoms with Crippen molar-refractivity contribution in [2.45, 2.75) is 6.92 Å². The molecule has 1 aromatic rings. The first-order valence-electron chi connectivity index (χ1n) is 4.82. The van der Waals surface area contributed by atoms with Gasteiger partial charge in [0, 0.05) is 5.56 Å². The molecule has 4 N–H and O–H groups in total. The van der Waals surface area contributed by atoms with E-state index in [1.807, 2.05) is 0 Å². The molecule has 0 bridgehead atoms. The van der Waals surface area contributed by atoms with Crippen LogP contribution in [0.3, 0.4) is 0 Å². The highest BCUT2D eigenvalue weighted by molar-refractivity contribution is 7.80. The van der Waals surface area contributed by atoms with Gasteiger partial charge in [0.15, 0.2) is 0 Å². The topological polar surface area (TPSA) is 78.3 Å². The van der Waals surface area contributed by atoms with Crippen molar-refractivity contribution in [2.75, 3.05) is 6.61 Å². The van der Waals surface area contributed by atoms with Gasteiger partial charge in [-0.2, -0.15) is 0 Å². The molecule has 0 aromatic heterocycles. The smallest absolute Gasteiger partial charge is 0.223 e. The van der Waals surface area contributed by atoms with E-state index in [-0.39, 0.29) is 18.4 Å². The van der Waals surface area contributed by atoms with Crippen molar-refractivity contribution in [1.29, 1.82) is 0 Å². The van der Waals surface area contributed by atoms with Crippen molar-refractivity contribution < 1.29 is 9.53 Å². The predicted molar refractivity (Wildman–Crippen MR) is 66.2 cm³/mol. The van der Waals surface area contributed by atoms with Crippen LogP contribution in [0, 0.1) is 5.92 Å². The van der Waals surface area contributed by atoms with Crippen LogP contribution in [0.15, 0.2) is 24.3 Å². The normalized spacial score (nSPS) is 11.8. The molecule has 0 aliphatic rings. The third-order valence-electron chi connectivity index (χ3n) is 2.12. The first-order chi connectivity index (χ1) is 7.50. The van der Waals surface area contributed by atoms with Crippen LogP contribution < -0.4 is 16.2 Å². The Kier molecular flexibility index (Phi) is 4.25. The number of hydrogen-bond acceptors (Lipinski definition) is 3. The second-order valence-electron chi connectivity index (χ2n) is 3.50. The fraction of sp³-hybridized carbons (Fsp3) is 0.273. The van der Waals surface area contributed by atoms with E-state index in [0.29, 0.717) is 10.7 Å². The maximum Gasteiger partial charge on any atom is 0.223 e. The standard InChI is InChI=1S/C11H14N2O2S/c1-7(10(12)14)6-15-9-4-2-8(3-5-9)11(13)16/h2-5,7H,6H2,1H3,(H2,12,14)(H2,13,16). The molecule has 16 heavy (non-hydrogen) atoms. The van der Waals surface area contributed by atoms with E-state index in [0.717, 1.165) is 5.56 Å². The van der Waals surface area contributed by atoms with Crippen LogP contribution in [0.5, 0.6) is 5.75 Å². The number of amides is 1. The summed E-state index contributed by atoms with van der Waals surface area (Å²) >= 11 is 4.82. The molecule has 86 valence electrons. The zero-order valence-corrected chi connectivity index (χ0v) is 9.79. The highest BCUT2D eigenvalue weighted by Gasteiger charge is 2.09. The molecule has 0 aliphatic heterocycles. The van der Waals surface area contributed by atoms with Gasteiger partial charge in [-0.05, 0) is 24.3 Å². The average molecular weight is 238 g/mol. The Labute approximate surface area is 99.6 Å². The summed E-state index contributed by atoms with van der Waals surface area (Å²) in [5.74, 6) is -0.0249.